The monoisotopic (exact) mass is 410 g/mol. The number of para-hydroxylation sites is 3. The third-order valence-electron chi connectivity index (χ3n) is 4.82. The van der Waals surface area contributed by atoms with Crippen molar-refractivity contribution < 1.29 is 31.2 Å². The lowest BCUT2D eigenvalue weighted by atomic mass is 10.1. The molecule has 0 bridgehead atoms. The second-order valence-corrected chi connectivity index (χ2v) is 6.47. The van der Waals surface area contributed by atoms with E-state index in [2.05, 4.69) is 51.9 Å². The van der Waals surface area contributed by atoms with Crippen molar-refractivity contribution in [2.45, 2.75) is 6.54 Å². The van der Waals surface area contributed by atoms with Crippen LogP contribution in [0.1, 0.15) is 5.56 Å². The summed E-state index contributed by atoms with van der Waals surface area (Å²) in [6.45, 7) is 0.678. The SMILES string of the molecule is COc1cc(C[n+]2cn(-c3ccccc3)c3ccccc32)cc(OC)c1OC.[Cl-]. The van der Waals surface area contributed by atoms with E-state index in [-0.39, 0.29) is 12.4 Å². The number of ether oxygens (including phenoxy) is 3. The lowest BCUT2D eigenvalue weighted by Gasteiger charge is -2.13. The van der Waals surface area contributed by atoms with Crippen molar-refractivity contribution in [2.24, 2.45) is 0 Å². The normalized spacial score (nSPS) is 10.4. The van der Waals surface area contributed by atoms with Gasteiger partial charge in [-0.3, -0.25) is 0 Å². The number of benzene rings is 3. The van der Waals surface area contributed by atoms with E-state index < -0.39 is 0 Å². The Morgan fingerprint density at radius 1 is 0.793 bits per heavy atom. The van der Waals surface area contributed by atoms with E-state index in [1.165, 1.54) is 0 Å². The quantitative estimate of drug-likeness (QED) is 0.445. The first-order chi connectivity index (χ1) is 13.7. The zero-order valence-electron chi connectivity index (χ0n) is 16.6. The topological polar surface area (TPSA) is 36.5 Å². The number of hydrogen-bond acceptors (Lipinski definition) is 3. The third kappa shape index (κ3) is 3.87. The van der Waals surface area contributed by atoms with Gasteiger partial charge in [-0.15, -0.1) is 0 Å². The summed E-state index contributed by atoms with van der Waals surface area (Å²) in [6, 6.07) is 22.7. The highest BCUT2D eigenvalue weighted by Gasteiger charge is 2.19. The fraction of sp³-hybridized carbons (Fsp3) is 0.174. The Hall–Kier alpha value is -3.18. The molecule has 0 spiro atoms. The Labute approximate surface area is 176 Å². The van der Waals surface area contributed by atoms with Gasteiger partial charge in [0, 0.05) is 5.56 Å². The zero-order valence-corrected chi connectivity index (χ0v) is 17.4. The van der Waals surface area contributed by atoms with Crippen LogP contribution < -0.4 is 31.2 Å². The highest BCUT2D eigenvalue weighted by atomic mass is 35.5. The minimum atomic E-state index is 0. The molecule has 0 aliphatic rings. The second-order valence-electron chi connectivity index (χ2n) is 6.47. The van der Waals surface area contributed by atoms with Crippen LogP contribution in [0.25, 0.3) is 16.7 Å². The van der Waals surface area contributed by atoms with Gasteiger partial charge in [-0.25, -0.2) is 4.57 Å². The van der Waals surface area contributed by atoms with Gasteiger partial charge in [0.1, 0.15) is 12.2 Å². The van der Waals surface area contributed by atoms with E-state index in [9.17, 15) is 0 Å². The van der Waals surface area contributed by atoms with E-state index in [1.54, 1.807) is 21.3 Å². The number of aromatic nitrogens is 2. The number of fused-ring (bicyclic) bond motifs is 1. The average molecular weight is 411 g/mol. The Morgan fingerprint density at radius 3 is 2.03 bits per heavy atom. The van der Waals surface area contributed by atoms with Crippen molar-refractivity contribution >= 4 is 11.0 Å². The highest BCUT2D eigenvalue weighted by Crippen LogP contribution is 2.38. The standard InChI is InChI=1S/C23H23N2O3.ClH/c1-26-21-13-17(14-22(27-2)23(21)28-3)15-24-16-25(18-9-5-4-6-10-18)20-12-8-7-11-19(20)24;/h4-14,16H,15H2,1-3H3;1H/q+1;/p-1. The van der Waals surface area contributed by atoms with Crippen LogP contribution in [-0.2, 0) is 6.54 Å². The van der Waals surface area contributed by atoms with Crippen molar-refractivity contribution in [1.82, 2.24) is 4.57 Å². The Morgan fingerprint density at radius 2 is 1.41 bits per heavy atom. The van der Waals surface area contributed by atoms with Gasteiger partial charge in [-0.05, 0) is 36.4 Å². The first kappa shape index (κ1) is 20.6. The summed E-state index contributed by atoms with van der Waals surface area (Å²) >= 11 is 0. The molecule has 4 aromatic rings. The predicted octanol–water partition coefficient (Wildman–Crippen LogP) is 0.996. The van der Waals surface area contributed by atoms with Crippen molar-refractivity contribution in [2.75, 3.05) is 21.3 Å². The molecule has 0 aliphatic heterocycles. The van der Waals surface area contributed by atoms with Crippen molar-refractivity contribution in [3.05, 3.63) is 78.6 Å². The molecule has 0 saturated heterocycles. The van der Waals surface area contributed by atoms with Crippen LogP contribution in [-0.4, -0.2) is 25.9 Å². The molecule has 0 N–H and O–H groups in total. The van der Waals surface area contributed by atoms with Crippen LogP contribution in [0.2, 0.25) is 0 Å². The van der Waals surface area contributed by atoms with E-state index in [1.807, 2.05) is 30.3 Å². The first-order valence-electron chi connectivity index (χ1n) is 9.09. The summed E-state index contributed by atoms with van der Waals surface area (Å²) in [6.07, 6.45) is 2.13. The van der Waals surface area contributed by atoms with Gasteiger partial charge in [0.2, 0.25) is 12.1 Å². The van der Waals surface area contributed by atoms with Gasteiger partial charge in [0.15, 0.2) is 22.5 Å². The van der Waals surface area contributed by atoms with E-state index in [0.29, 0.717) is 23.8 Å². The fourth-order valence-electron chi connectivity index (χ4n) is 3.52. The predicted molar refractivity (Wildman–Crippen MR) is 109 cm³/mol. The third-order valence-corrected chi connectivity index (χ3v) is 4.82. The largest absolute Gasteiger partial charge is 1.00 e. The molecule has 6 heteroatoms. The molecule has 3 aromatic carbocycles. The van der Waals surface area contributed by atoms with E-state index >= 15 is 0 Å². The molecule has 150 valence electrons. The lowest BCUT2D eigenvalue weighted by Crippen LogP contribution is -3.00. The summed E-state index contributed by atoms with van der Waals surface area (Å²) in [5, 5.41) is 0. The average Bonchev–Trinajstić information content (AvgIpc) is 3.12. The van der Waals surface area contributed by atoms with Gasteiger partial charge >= 0.3 is 0 Å². The van der Waals surface area contributed by atoms with Crippen LogP contribution in [0.5, 0.6) is 17.2 Å². The number of halogens is 1. The van der Waals surface area contributed by atoms with Gasteiger partial charge in [0.05, 0.1) is 21.3 Å². The Balaban J connectivity index is 0.00000240. The van der Waals surface area contributed by atoms with E-state index in [0.717, 1.165) is 22.3 Å². The summed E-state index contributed by atoms with van der Waals surface area (Å²) in [5.41, 5.74) is 4.50. The van der Waals surface area contributed by atoms with Gasteiger partial charge < -0.3 is 26.6 Å². The zero-order chi connectivity index (χ0) is 19.5. The Kier molecular flexibility index (Phi) is 6.29. The van der Waals surface area contributed by atoms with Crippen molar-refractivity contribution in [3.8, 4) is 22.9 Å². The molecule has 0 radical (unpaired) electrons. The summed E-state index contributed by atoms with van der Waals surface area (Å²) < 4.78 is 20.9. The molecule has 4 rings (SSSR count). The maximum absolute atomic E-state index is 5.50. The molecular formula is C23H23ClN2O3. The van der Waals surface area contributed by atoms with Crippen LogP contribution in [0.3, 0.4) is 0 Å². The maximum Gasteiger partial charge on any atom is 0.250 e. The summed E-state index contributed by atoms with van der Waals surface area (Å²) in [4.78, 5) is 0. The molecule has 0 unspecified atom stereocenters. The van der Waals surface area contributed by atoms with Crippen molar-refractivity contribution in [3.63, 3.8) is 0 Å². The second kappa shape index (κ2) is 8.88. The number of methoxy groups -OCH3 is 3. The molecule has 1 aromatic heterocycles. The van der Waals surface area contributed by atoms with E-state index in [4.69, 9.17) is 14.2 Å². The number of nitrogens with zero attached hydrogens (tertiary/aromatic N) is 2. The summed E-state index contributed by atoms with van der Waals surface area (Å²) in [5.74, 6) is 1.92. The molecule has 5 nitrogen and oxygen atoms in total. The minimum Gasteiger partial charge on any atom is -1.00 e. The molecule has 0 atom stereocenters. The smallest absolute Gasteiger partial charge is 0.250 e. The van der Waals surface area contributed by atoms with Gasteiger partial charge in [-0.1, -0.05) is 30.3 Å². The minimum absolute atomic E-state index is 0. The van der Waals surface area contributed by atoms with Crippen LogP contribution in [0.15, 0.2) is 73.1 Å². The molecule has 1 heterocycles. The molecule has 0 saturated carbocycles. The molecule has 0 aliphatic carbocycles. The summed E-state index contributed by atoms with van der Waals surface area (Å²) in [7, 11) is 4.88. The van der Waals surface area contributed by atoms with Crippen molar-refractivity contribution in [1.29, 1.82) is 0 Å². The number of imidazole rings is 1. The van der Waals surface area contributed by atoms with Crippen LogP contribution in [0, 0.1) is 0 Å². The molecule has 0 fully saturated rings. The molecular weight excluding hydrogens is 388 g/mol. The fourth-order valence-corrected chi connectivity index (χ4v) is 3.52. The Bertz CT molecular complexity index is 1080. The molecule has 0 amide bonds. The highest BCUT2D eigenvalue weighted by molar-refractivity contribution is 5.74. The van der Waals surface area contributed by atoms with Gasteiger partial charge in [-0.2, -0.15) is 4.57 Å². The molecule has 29 heavy (non-hydrogen) atoms. The number of rotatable bonds is 6. The van der Waals surface area contributed by atoms with Crippen LogP contribution >= 0.6 is 0 Å². The first-order valence-corrected chi connectivity index (χ1v) is 9.09. The lowest BCUT2D eigenvalue weighted by molar-refractivity contribution is -0.662. The van der Waals surface area contributed by atoms with Gasteiger partial charge in [0.25, 0.3) is 0 Å². The number of hydrogen-bond donors (Lipinski definition) is 0. The van der Waals surface area contributed by atoms with Crippen LogP contribution in [0.4, 0.5) is 0 Å². The maximum atomic E-state index is 5.50.